The molecule has 0 N–H and O–H groups in total. The molecular formula is C20H19N3O3. The van der Waals surface area contributed by atoms with E-state index in [1.54, 1.807) is 18.2 Å². The van der Waals surface area contributed by atoms with E-state index >= 15 is 0 Å². The molecule has 0 spiro atoms. The number of hydrogen-bond donors (Lipinski definition) is 0. The molecule has 1 saturated heterocycles. The normalized spacial score (nSPS) is 16.3. The van der Waals surface area contributed by atoms with E-state index in [9.17, 15) is 4.79 Å². The molecule has 2 heterocycles. The predicted octanol–water partition coefficient (Wildman–Crippen LogP) is 2.24. The van der Waals surface area contributed by atoms with Gasteiger partial charge in [-0.05, 0) is 35.9 Å². The summed E-state index contributed by atoms with van der Waals surface area (Å²) < 4.78 is 10.6. The Kier molecular flexibility index (Phi) is 4.46. The average molecular weight is 349 g/mol. The fourth-order valence-corrected chi connectivity index (χ4v) is 3.26. The van der Waals surface area contributed by atoms with Gasteiger partial charge in [0.1, 0.15) is 0 Å². The SMILES string of the molecule is N#Cc1ccc(CN2CCN(C(=O)c3ccc4c(c3)OCO4)CC2)cc1. The van der Waals surface area contributed by atoms with Crippen LogP contribution in [-0.4, -0.2) is 48.7 Å². The smallest absolute Gasteiger partial charge is 0.254 e. The molecule has 2 aliphatic rings. The van der Waals surface area contributed by atoms with Gasteiger partial charge in [-0.2, -0.15) is 5.26 Å². The molecule has 26 heavy (non-hydrogen) atoms. The lowest BCUT2D eigenvalue weighted by Gasteiger charge is -2.34. The minimum absolute atomic E-state index is 0.0290. The zero-order valence-corrected chi connectivity index (χ0v) is 14.4. The largest absolute Gasteiger partial charge is 0.454 e. The van der Waals surface area contributed by atoms with Gasteiger partial charge in [-0.1, -0.05) is 12.1 Å². The highest BCUT2D eigenvalue weighted by Gasteiger charge is 2.24. The van der Waals surface area contributed by atoms with Gasteiger partial charge in [-0.15, -0.1) is 0 Å². The molecule has 2 aliphatic heterocycles. The zero-order chi connectivity index (χ0) is 17.9. The lowest BCUT2D eigenvalue weighted by Crippen LogP contribution is -2.48. The number of ether oxygens (including phenoxy) is 2. The Morgan fingerprint density at radius 2 is 1.73 bits per heavy atom. The number of nitrogens with zero attached hydrogens (tertiary/aromatic N) is 3. The fourth-order valence-electron chi connectivity index (χ4n) is 3.26. The lowest BCUT2D eigenvalue weighted by molar-refractivity contribution is 0.0628. The number of carbonyl (C=O) groups is 1. The molecule has 0 radical (unpaired) electrons. The number of hydrogen-bond acceptors (Lipinski definition) is 5. The maximum absolute atomic E-state index is 12.7. The van der Waals surface area contributed by atoms with E-state index in [0.717, 1.165) is 19.6 Å². The van der Waals surface area contributed by atoms with Crippen molar-refractivity contribution in [2.45, 2.75) is 6.54 Å². The van der Waals surface area contributed by atoms with Crippen LogP contribution in [0.4, 0.5) is 0 Å². The minimum atomic E-state index is 0.0290. The highest BCUT2D eigenvalue weighted by atomic mass is 16.7. The van der Waals surface area contributed by atoms with Gasteiger partial charge in [0, 0.05) is 38.3 Å². The number of fused-ring (bicyclic) bond motifs is 1. The predicted molar refractivity (Wildman–Crippen MR) is 94.9 cm³/mol. The Morgan fingerprint density at radius 3 is 2.46 bits per heavy atom. The van der Waals surface area contributed by atoms with Crippen LogP contribution in [0.3, 0.4) is 0 Å². The number of benzene rings is 2. The third kappa shape index (κ3) is 3.35. The quantitative estimate of drug-likeness (QED) is 0.850. The summed E-state index contributed by atoms with van der Waals surface area (Å²) in [7, 11) is 0. The molecule has 0 unspecified atom stereocenters. The maximum atomic E-state index is 12.7. The van der Waals surface area contributed by atoms with E-state index in [2.05, 4.69) is 11.0 Å². The monoisotopic (exact) mass is 349 g/mol. The highest BCUT2D eigenvalue weighted by Crippen LogP contribution is 2.32. The Morgan fingerprint density at radius 1 is 1.00 bits per heavy atom. The standard InChI is InChI=1S/C20H19N3O3/c21-12-15-1-3-16(4-2-15)13-22-7-9-23(10-8-22)20(24)17-5-6-18-19(11-17)26-14-25-18/h1-6,11H,7-10,13-14H2. The first-order chi connectivity index (χ1) is 12.7. The van der Waals surface area contributed by atoms with E-state index in [1.165, 1.54) is 5.56 Å². The van der Waals surface area contributed by atoms with Crippen molar-refractivity contribution in [1.82, 2.24) is 9.80 Å². The maximum Gasteiger partial charge on any atom is 0.254 e. The van der Waals surface area contributed by atoms with Gasteiger partial charge in [0.2, 0.25) is 6.79 Å². The van der Waals surface area contributed by atoms with Gasteiger partial charge < -0.3 is 14.4 Å². The van der Waals surface area contributed by atoms with Gasteiger partial charge in [0.05, 0.1) is 11.6 Å². The summed E-state index contributed by atoms with van der Waals surface area (Å²) in [4.78, 5) is 16.9. The number of rotatable bonds is 3. The summed E-state index contributed by atoms with van der Waals surface area (Å²) in [5.41, 5.74) is 2.49. The van der Waals surface area contributed by atoms with Crippen LogP contribution in [0.25, 0.3) is 0 Å². The van der Waals surface area contributed by atoms with Crippen molar-refractivity contribution in [1.29, 1.82) is 5.26 Å². The lowest BCUT2D eigenvalue weighted by atomic mass is 10.1. The molecule has 1 fully saturated rings. The van der Waals surface area contributed by atoms with Crippen LogP contribution in [0.1, 0.15) is 21.5 Å². The van der Waals surface area contributed by atoms with E-state index in [-0.39, 0.29) is 12.7 Å². The van der Waals surface area contributed by atoms with Crippen molar-refractivity contribution >= 4 is 5.91 Å². The fraction of sp³-hybridized carbons (Fsp3) is 0.300. The van der Waals surface area contributed by atoms with Gasteiger partial charge in [0.15, 0.2) is 11.5 Å². The van der Waals surface area contributed by atoms with Crippen LogP contribution in [0.2, 0.25) is 0 Å². The minimum Gasteiger partial charge on any atom is -0.454 e. The number of amides is 1. The second-order valence-corrected chi connectivity index (χ2v) is 6.45. The number of piperazine rings is 1. The summed E-state index contributed by atoms with van der Waals surface area (Å²) >= 11 is 0. The van der Waals surface area contributed by atoms with Crippen LogP contribution in [0, 0.1) is 11.3 Å². The Balaban J connectivity index is 1.34. The summed E-state index contributed by atoms with van der Waals surface area (Å²) in [6.07, 6.45) is 0. The molecule has 1 amide bonds. The molecule has 6 heteroatoms. The van der Waals surface area contributed by atoms with Crippen LogP contribution >= 0.6 is 0 Å². The van der Waals surface area contributed by atoms with Gasteiger partial charge in [0.25, 0.3) is 5.91 Å². The Bertz CT molecular complexity index is 850. The third-order valence-electron chi connectivity index (χ3n) is 4.77. The van der Waals surface area contributed by atoms with Crippen LogP contribution in [0.15, 0.2) is 42.5 Å². The first-order valence-electron chi connectivity index (χ1n) is 8.63. The average Bonchev–Trinajstić information content (AvgIpc) is 3.16. The Hall–Kier alpha value is -3.04. The summed E-state index contributed by atoms with van der Waals surface area (Å²) in [6.45, 7) is 4.10. The van der Waals surface area contributed by atoms with Crippen LogP contribution < -0.4 is 9.47 Å². The highest BCUT2D eigenvalue weighted by molar-refractivity contribution is 5.95. The van der Waals surface area contributed by atoms with Crippen LogP contribution in [-0.2, 0) is 6.54 Å². The molecule has 0 aliphatic carbocycles. The van der Waals surface area contributed by atoms with E-state index in [4.69, 9.17) is 14.7 Å². The van der Waals surface area contributed by atoms with Crippen molar-refractivity contribution in [3.8, 4) is 17.6 Å². The number of carbonyl (C=O) groups excluding carboxylic acids is 1. The summed E-state index contributed by atoms with van der Waals surface area (Å²) in [5.74, 6) is 1.35. The van der Waals surface area contributed by atoms with Crippen molar-refractivity contribution in [3.63, 3.8) is 0 Å². The summed E-state index contributed by atoms with van der Waals surface area (Å²) in [6, 6.07) is 15.1. The first kappa shape index (κ1) is 16.4. The number of nitriles is 1. The van der Waals surface area contributed by atoms with Gasteiger partial charge >= 0.3 is 0 Å². The summed E-state index contributed by atoms with van der Waals surface area (Å²) in [5, 5.41) is 8.86. The van der Waals surface area contributed by atoms with E-state index in [1.807, 2.05) is 29.2 Å². The van der Waals surface area contributed by atoms with Crippen molar-refractivity contribution in [3.05, 3.63) is 59.2 Å². The van der Waals surface area contributed by atoms with Crippen molar-refractivity contribution in [2.75, 3.05) is 33.0 Å². The zero-order valence-electron chi connectivity index (χ0n) is 14.4. The molecule has 0 bridgehead atoms. The third-order valence-corrected chi connectivity index (χ3v) is 4.77. The molecule has 0 atom stereocenters. The van der Waals surface area contributed by atoms with Crippen molar-refractivity contribution < 1.29 is 14.3 Å². The second-order valence-electron chi connectivity index (χ2n) is 6.45. The molecular weight excluding hydrogens is 330 g/mol. The topological polar surface area (TPSA) is 65.8 Å². The molecule has 0 aromatic heterocycles. The Labute approximate surface area is 152 Å². The van der Waals surface area contributed by atoms with E-state index in [0.29, 0.717) is 35.7 Å². The van der Waals surface area contributed by atoms with Gasteiger partial charge in [-0.25, -0.2) is 0 Å². The second kappa shape index (κ2) is 7.06. The van der Waals surface area contributed by atoms with Gasteiger partial charge in [-0.3, -0.25) is 9.69 Å². The molecule has 2 aromatic carbocycles. The molecule has 2 aromatic rings. The molecule has 6 nitrogen and oxygen atoms in total. The molecule has 132 valence electrons. The van der Waals surface area contributed by atoms with E-state index < -0.39 is 0 Å². The van der Waals surface area contributed by atoms with Crippen molar-refractivity contribution in [2.24, 2.45) is 0 Å². The molecule has 4 rings (SSSR count). The van der Waals surface area contributed by atoms with Crippen LogP contribution in [0.5, 0.6) is 11.5 Å². The first-order valence-corrected chi connectivity index (χ1v) is 8.63. The molecule has 0 saturated carbocycles.